The van der Waals surface area contributed by atoms with Crippen LogP contribution in [0, 0.1) is 6.92 Å². The topological polar surface area (TPSA) is 78.0 Å². The van der Waals surface area contributed by atoms with Crippen LogP contribution in [0.25, 0.3) is 0 Å². The molecular weight excluding hydrogens is 326 g/mol. The summed E-state index contributed by atoms with van der Waals surface area (Å²) in [5.41, 5.74) is 9.51. The molecule has 0 spiro atoms. The molecule has 6 nitrogen and oxygen atoms in total. The van der Waals surface area contributed by atoms with Gasteiger partial charge in [-0.1, -0.05) is 42.0 Å². The van der Waals surface area contributed by atoms with Crippen LogP contribution in [0.3, 0.4) is 0 Å². The minimum absolute atomic E-state index is 0.0676. The van der Waals surface area contributed by atoms with Gasteiger partial charge in [-0.15, -0.1) is 5.10 Å². The fourth-order valence-electron chi connectivity index (χ4n) is 3.44. The van der Waals surface area contributed by atoms with Crippen LogP contribution in [0.4, 0.5) is 11.9 Å². The van der Waals surface area contributed by atoms with Gasteiger partial charge in [0, 0.05) is 0 Å². The first kappa shape index (κ1) is 16.4. The lowest BCUT2D eigenvalue weighted by Gasteiger charge is -2.31. The molecule has 0 unspecified atom stereocenters. The molecule has 0 aliphatic carbocycles. The second-order valence-corrected chi connectivity index (χ2v) is 6.60. The summed E-state index contributed by atoms with van der Waals surface area (Å²) in [5, 5.41) is 7.87. The highest BCUT2D eigenvalue weighted by Crippen LogP contribution is 2.38. The summed E-state index contributed by atoms with van der Waals surface area (Å²) >= 11 is 0. The van der Waals surface area contributed by atoms with Crippen LogP contribution in [-0.2, 0) is 0 Å². The van der Waals surface area contributed by atoms with Crippen LogP contribution >= 0.6 is 0 Å². The van der Waals surface area contributed by atoms with E-state index in [4.69, 9.17) is 10.5 Å². The normalized spacial score (nSPS) is 18.8. The third kappa shape index (κ3) is 3.10. The maximum Gasteiger partial charge on any atom is 0.241 e. The van der Waals surface area contributed by atoms with E-state index in [-0.39, 0.29) is 18.0 Å². The Morgan fingerprint density at radius 2 is 1.81 bits per heavy atom. The van der Waals surface area contributed by atoms with E-state index in [1.54, 1.807) is 0 Å². The zero-order valence-electron chi connectivity index (χ0n) is 15.0. The standard InChI is InChI=1S/C20H23N5O/c1-3-26-16-10-8-15(9-11-16)18-12-17(14-6-4-13(2)5-7-14)22-20-23-19(21)24-25(18)20/h4-11,17-18H,3,12H2,1-2H3,(H3,21,22,23,24)/t17-,18-/m0/s1. The number of ether oxygens (including phenoxy) is 1. The van der Waals surface area contributed by atoms with E-state index in [1.165, 1.54) is 16.7 Å². The number of nitrogens with one attached hydrogen (secondary N) is 1. The number of anilines is 2. The Hall–Kier alpha value is -3.02. The van der Waals surface area contributed by atoms with Crippen molar-refractivity contribution in [3.63, 3.8) is 0 Å². The summed E-state index contributed by atoms with van der Waals surface area (Å²) in [5.74, 6) is 1.87. The summed E-state index contributed by atoms with van der Waals surface area (Å²) < 4.78 is 7.44. The van der Waals surface area contributed by atoms with Crippen LogP contribution in [0.1, 0.15) is 42.1 Å². The number of nitrogen functional groups attached to an aromatic ring is 1. The third-order valence-corrected chi connectivity index (χ3v) is 4.76. The maximum absolute atomic E-state index is 5.86. The molecule has 0 saturated carbocycles. The highest BCUT2D eigenvalue weighted by atomic mass is 16.5. The number of hydrogen-bond donors (Lipinski definition) is 2. The minimum Gasteiger partial charge on any atom is -0.494 e. The Bertz CT molecular complexity index is 886. The van der Waals surface area contributed by atoms with Gasteiger partial charge in [-0.3, -0.25) is 0 Å². The molecule has 26 heavy (non-hydrogen) atoms. The molecule has 1 aliphatic heterocycles. The zero-order valence-corrected chi connectivity index (χ0v) is 15.0. The Balaban J connectivity index is 1.69. The fourth-order valence-corrected chi connectivity index (χ4v) is 3.44. The quantitative estimate of drug-likeness (QED) is 0.751. The fraction of sp³-hybridized carbons (Fsp3) is 0.300. The van der Waals surface area contributed by atoms with E-state index in [0.717, 1.165) is 12.2 Å². The summed E-state index contributed by atoms with van der Waals surface area (Å²) in [7, 11) is 0. The third-order valence-electron chi connectivity index (χ3n) is 4.76. The van der Waals surface area contributed by atoms with Gasteiger partial charge in [-0.25, -0.2) is 4.68 Å². The van der Waals surface area contributed by atoms with Crippen molar-refractivity contribution in [3.05, 3.63) is 65.2 Å². The highest BCUT2D eigenvalue weighted by Gasteiger charge is 2.30. The molecule has 134 valence electrons. The largest absolute Gasteiger partial charge is 0.494 e. The van der Waals surface area contributed by atoms with E-state index < -0.39 is 0 Å². The van der Waals surface area contributed by atoms with Crippen LogP contribution in [-0.4, -0.2) is 21.4 Å². The molecule has 6 heteroatoms. The zero-order chi connectivity index (χ0) is 18.1. The molecule has 0 radical (unpaired) electrons. The monoisotopic (exact) mass is 349 g/mol. The molecule has 3 N–H and O–H groups in total. The van der Waals surface area contributed by atoms with Gasteiger partial charge in [-0.05, 0) is 43.5 Å². The number of nitrogens with zero attached hydrogens (tertiary/aromatic N) is 3. The second-order valence-electron chi connectivity index (χ2n) is 6.60. The number of nitrogens with two attached hydrogens (primary N) is 1. The number of aryl methyl sites for hydroxylation is 1. The Labute approximate surface area is 153 Å². The molecule has 0 bridgehead atoms. The van der Waals surface area contributed by atoms with E-state index >= 15 is 0 Å². The van der Waals surface area contributed by atoms with Gasteiger partial charge in [0.15, 0.2) is 0 Å². The average molecular weight is 349 g/mol. The first-order valence-corrected chi connectivity index (χ1v) is 8.92. The summed E-state index contributed by atoms with van der Waals surface area (Å²) in [6.45, 7) is 4.74. The second kappa shape index (κ2) is 6.71. The predicted molar refractivity (Wildman–Crippen MR) is 102 cm³/mol. The molecule has 4 rings (SSSR count). The van der Waals surface area contributed by atoms with Crippen molar-refractivity contribution in [2.24, 2.45) is 0 Å². The van der Waals surface area contributed by atoms with Gasteiger partial charge in [0.25, 0.3) is 0 Å². The molecule has 0 amide bonds. The first-order valence-electron chi connectivity index (χ1n) is 8.92. The number of fused-ring (bicyclic) bond motifs is 1. The van der Waals surface area contributed by atoms with Crippen molar-refractivity contribution in [1.82, 2.24) is 14.8 Å². The smallest absolute Gasteiger partial charge is 0.241 e. The molecular formula is C20H23N5O. The molecule has 0 saturated heterocycles. The predicted octanol–water partition coefficient (Wildman–Crippen LogP) is 3.71. The van der Waals surface area contributed by atoms with Gasteiger partial charge in [0.05, 0.1) is 18.7 Å². The molecule has 0 fully saturated rings. The van der Waals surface area contributed by atoms with Crippen molar-refractivity contribution in [1.29, 1.82) is 0 Å². The lowest BCUT2D eigenvalue weighted by atomic mass is 9.93. The lowest BCUT2D eigenvalue weighted by Crippen LogP contribution is -2.28. The van der Waals surface area contributed by atoms with Gasteiger partial charge in [-0.2, -0.15) is 4.98 Å². The van der Waals surface area contributed by atoms with E-state index in [2.05, 4.69) is 58.7 Å². The maximum atomic E-state index is 5.86. The van der Waals surface area contributed by atoms with Crippen LogP contribution < -0.4 is 15.8 Å². The van der Waals surface area contributed by atoms with Crippen molar-refractivity contribution < 1.29 is 4.74 Å². The highest BCUT2D eigenvalue weighted by molar-refractivity contribution is 5.42. The van der Waals surface area contributed by atoms with E-state index in [9.17, 15) is 0 Å². The minimum atomic E-state index is 0.0676. The summed E-state index contributed by atoms with van der Waals surface area (Å²) in [4.78, 5) is 4.36. The molecule has 2 heterocycles. The van der Waals surface area contributed by atoms with Crippen molar-refractivity contribution in [2.75, 3.05) is 17.7 Å². The van der Waals surface area contributed by atoms with Crippen LogP contribution in [0.15, 0.2) is 48.5 Å². The van der Waals surface area contributed by atoms with Crippen molar-refractivity contribution >= 4 is 11.9 Å². The SMILES string of the molecule is CCOc1ccc([C@@H]2C[C@@H](c3ccc(C)cc3)Nc3nc(N)nn32)cc1. The summed E-state index contributed by atoms with van der Waals surface area (Å²) in [6.07, 6.45) is 0.868. The first-order chi connectivity index (χ1) is 12.6. The van der Waals surface area contributed by atoms with Crippen LogP contribution in [0.5, 0.6) is 5.75 Å². The number of rotatable bonds is 4. The summed E-state index contributed by atoms with van der Waals surface area (Å²) in [6, 6.07) is 17.0. The molecule has 1 aromatic heterocycles. The van der Waals surface area contributed by atoms with E-state index in [0.29, 0.717) is 12.6 Å². The van der Waals surface area contributed by atoms with E-state index in [1.807, 2.05) is 23.7 Å². The number of benzene rings is 2. The Morgan fingerprint density at radius 3 is 2.50 bits per heavy atom. The molecule has 2 atom stereocenters. The molecule has 3 aromatic rings. The lowest BCUT2D eigenvalue weighted by molar-refractivity contribution is 0.340. The average Bonchev–Trinajstić information content (AvgIpc) is 3.02. The molecule has 2 aromatic carbocycles. The number of hydrogen-bond acceptors (Lipinski definition) is 5. The Kier molecular flexibility index (Phi) is 4.24. The van der Waals surface area contributed by atoms with Crippen LogP contribution in [0.2, 0.25) is 0 Å². The van der Waals surface area contributed by atoms with Gasteiger partial charge >= 0.3 is 0 Å². The van der Waals surface area contributed by atoms with Gasteiger partial charge in [0.2, 0.25) is 11.9 Å². The Morgan fingerprint density at radius 1 is 1.12 bits per heavy atom. The number of aromatic nitrogens is 3. The van der Waals surface area contributed by atoms with Gasteiger partial charge in [0.1, 0.15) is 5.75 Å². The molecule has 1 aliphatic rings. The van der Waals surface area contributed by atoms with Gasteiger partial charge < -0.3 is 15.8 Å². The van der Waals surface area contributed by atoms with Crippen molar-refractivity contribution in [3.8, 4) is 5.75 Å². The van der Waals surface area contributed by atoms with Crippen molar-refractivity contribution in [2.45, 2.75) is 32.4 Å².